The molecule has 0 radical (unpaired) electrons. The number of nitrogens with zero attached hydrogens (tertiary/aromatic N) is 3. The number of amides is 2. The second-order valence-electron chi connectivity index (χ2n) is 18.1. The highest BCUT2D eigenvalue weighted by Gasteiger charge is 2.59. The summed E-state index contributed by atoms with van der Waals surface area (Å²) in [5, 5.41) is 0. The molecule has 4 aliphatic heterocycles. The molecule has 0 aliphatic carbocycles. The summed E-state index contributed by atoms with van der Waals surface area (Å²) < 4.78 is 34.7. The van der Waals surface area contributed by atoms with Crippen LogP contribution in [-0.2, 0) is 44.6 Å². The monoisotopic (exact) mass is 898 g/mol. The van der Waals surface area contributed by atoms with Crippen LogP contribution in [0.3, 0.4) is 0 Å². The molecule has 0 saturated carbocycles. The predicted molar refractivity (Wildman–Crippen MR) is 240 cm³/mol. The molecule has 18 heteroatoms. The maximum Gasteiger partial charge on any atom is 0.419 e. The first-order valence-corrected chi connectivity index (χ1v) is 27.7. The van der Waals surface area contributed by atoms with E-state index in [1.54, 1.807) is 42.3 Å². The number of carbonyl (C=O) groups is 4. The van der Waals surface area contributed by atoms with Crippen molar-refractivity contribution in [1.82, 2.24) is 19.4 Å². The Hall–Kier alpha value is -5.83. The van der Waals surface area contributed by atoms with Crippen LogP contribution in [0.4, 0.5) is 0 Å². The third-order valence-corrected chi connectivity index (χ3v) is 13.6. The second-order valence-corrected chi connectivity index (χ2v) is 27.1. The van der Waals surface area contributed by atoms with Gasteiger partial charge in [0.25, 0.3) is 0 Å². The van der Waals surface area contributed by atoms with Crippen LogP contribution in [0.2, 0.25) is 39.3 Å². The average molecular weight is 899 g/mol. The van der Waals surface area contributed by atoms with E-state index in [1.807, 2.05) is 19.9 Å². The average Bonchev–Trinajstić information content (AvgIpc) is 3.92. The zero-order valence-corrected chi connectivity index (χ0v) is 39.1. The molecule has 63 heavy (non-hydrogen) atoms. The van der Waals surface area contributed by atoms with Gasteiger partial charge in [-0.25, -0.2) is 19.2 Å². The van der Waals surface area contributed by atoms with Gasteiger partial charge >= 0.3 is 23.5 Å². The van der Waals surface area contributed by atoms with E-state index in [-0.39, 0.29) is 72.5 Å². The summed E-state index contributed by atoms with van der Waals surface area (Å²) in [6.45, 7) is 23.6. The minimum atomic E-state index is -1.84. The molecule has 0 bridgehead atoms. The molecule has 0 spiro atoms. The van der Waals surface area contributed by atoms with E-state index in [2.05, 4.69) is 57.4 Å². The summed E-state index contributed by atoms with van der Waals surface area (Å²) in [5.74, 6) is -3.02. The van der Waals surface area contributed by atoms with Gasteiger partial charge in [0.1, 0.15) is 24.6 Å². The fraction of sp³-hybridized carbons (Fsp3) is 0.422. The highest BCUT2D eigenvalue weighted by molar-refractivity contribution is 6.70. The van der Waals surface area contributed by atoms with Gasteiger partial charge in [0, 0.05) is 7.05 Å². The molecule has 6 heterocycles. The summed E-state index contributed by atoms with van der Waals surface area (Å²) in [5.41, 5.74) is 5.45. The standard InChI is InChI=1S/C23H28N2O6Si.C22H26N2O6Si/c1-7-10-29-22(27)20-15(14-8-9-18-16(11-14)24(3)23(28)30-18)12-17-19(21(26)25(17)20)13(2)31-32(4,5)6;1-6-9-28-21(26)19-14(13-7-8-17-15(10-13)23-22(27)29-17)11-16-18(20(25)24(16)19)12(2)30-31(3,4)5/h7-9,11,13,17,19H,1,10,12H2,2-6H3;6-8,10,12,16,18H,1,9,11H2,2-5H3,(H,23,27)/t13-,17-,19-;12-,16-,18-/m11/s1. The first-order valence-electron chi connectivity index (χ1n) is 20.9. The van der Waals surface area contributed by atoms with E-state index in [0.717, 1.165) is 16.7 Å². The molecule has 2 amide bonds. The Morgan fingerprint density at radius 2 is 1.21 bits per heavy atom. The van der Waals surface area contributed by atoms with Gasteiger partial charge in [-0.3, -0.25) is 19.1 Å². The first-order chi connectivity index (χ1) is 29.6. The molecular weight excluding hydrogens is 845 g/mol. The minimum Gasteiger partial charge on any atom is -0.457 e. The summed E-state index contributed by atoms with van der Waals surface area (Å²) in [4.78, 5) is 81.2. The van der Waals surface area contributed by atoms with Gasteiger partial charge in [-0.15, -0.1) is 0 Å². The molecule has 2 aromatic heterocycles. The number of benzene rings is 2. The van der Waals surface area contributed by atoms with Crippen LogP contribution in [0.25, 0.3) is 33.3 Å². The van der Waals surface area contributed by atoms with Gasteiger partial charge in [-0.1, -0.05) is 37.4 Å². The van der Waals surface area contributed by atoms with Crippen molar-refractivity contribution < 1.29 is 46.3 Å². The van der Waals surface area contributed by atoms with Gasteiger partial charge in [0.2, 0.25) is 11.8 Å². The van der Waals surface area contributed by atoms with Crippen LogP contribution < -0.4 is 11.5 Å². The molecule has 6 atom stereocenters. The summed E-state index contributed by atoms with van der Waals surface area (Å²) >= 11 is 0. The summed E-state index contributed by atoms with van der Waals surface area (Å²) in [6.07, 6.45) is 3.50. The molecule has 2 fully saturated rings. The van der Waals surface area contributed by atoms with Crippen molar-refractivity contribution in [2.24, 2.45) is 18.9 Å². The van der Waals surface area contributed by atoms with E-state index in [1.165, 1.54) is 21.6 Å². The number of aromatic nitrogens is 2. The SMILES string of the molecule is C=CCOC(=O)C1=C(c2ccc3oc(=O)[nH]c3c2)C[C@@H]2[C@@H]([C@@H](C)O[Si](C)(C)C)C(=O)N12.C=CCOC(=O)C1=C(c2ccc3oc(=O)n(C)c3c2)C[C@@H]2[C@@H]([C@@H](C)O[Si](C)(C)C)C(=O)N12. The Balaban J connectivity index is 0.000000189. The fourth-order valence-electron chi connectivity index (χ4n) is 9.13. The van der Waals surface area contributed by atoms with E-state index >= 15 is 0 Å². The molecule has 4 aromatic rings. The van der Waals surface area contributed by atoms with Crippen LogP contribution >= 0.6 is 0 Å². The number of ether oxygens (including phenoxy) is 2. The molecule has 334 valence electrons. The van der Waals surface area contributed by atoms with E-state index in [9.17, 15) is 28.8 Å². The maximum absolute atomic E-state index is 13.1. The minimum absolute atomic E-state index is 0.0506. The number of nitrogens with one attached hydrogen (secondary N) is 1. The first kappa shape index (κ1) is 45.2. The molecular formula is C45H54N4O12Si2. The van der Waals surface area contributed by atoms with Crippen molar-refractivity contribution in [3.8, 4) is 0 Å². The van der Waals surface area contributed by atoms with E-state index in [0.29, 0.717) is 40.6 Å². The quantitative estimate of drug-likeness (QED) is 0.0666. The highest BCUT2D eigenvalue weighted by atomic mass is 28.4. The van der Waals surface area contributed by atoms with E-state index in [4.69, 9.17) is 27.2 Å². The van der Waals surface area contributed by atoms with Gasteiger partial charge in [-0.2, -0.15) is 0 Å². The summed E-state index contributed by atoms with van der Waals surface area (Å²) in [6, 6.07) is 10.2. The fourth-order valence-corrected chi connectivity index (χ4v) is 11.7. The lowest BCUT2D eigenvalue weighted by Gasteiger charge is -2.47. The largest absolute Gasteiger partial charge is 0.457 e. The number of fused-ring (bicyclic) bond motifs is 4. The number of H-pyrrole nitrogens is 1. The van der Waals surface area contributed by atoms with Gasteiger partial charge < -0.3 is 37.0 Å². The van der Waals surface area contributed by atoms with Crippen LogP contribution in [0, 0.1) is 11.8 Å². The third-order valence-electron chi connectivity index (χ3n) is 11.5. The number of rotatable bonds is 14. The van der Waals surface area contributed by atoms with Crippen molar-refractivity contribution in [3.63, 3.8) is 0 Å². The van der Waals surface area contributed by atoms with Gasteiger partial charge in [0.15, 0.2) is 27.8 Å². The molecule has 16 nitrogen and oxygen atoms in total. The van der Waals surface area contributed by atoms with Gasteiger partial charge in [-0.05, 0) is 113 Å². The van der Waals surface area contributed by atoms with Crippen LogP contribution in [0.1, 0.15) is 37.8 Å². The number of esters is 2. The van der Waals surface area contributed by atoms with Crippen LogP contribution in [-0.4, -0.2) is 97.2 Å². The topological polar surface area (TPSA) is 193 Å². The van der Waals surface area contributed by atoms with Crippen LogP contribution in [0.5, 0.6) is 0 Å². The molecule has 2 saturated heterocycles. The number of aromatic amines is 1. The zero-order chi connectivity index (χ0) is 45.9. The lowest BCUT2D eigenvalue weighted by Crippen LogP contribution is -2.63. The number of carbonyl (C=O) groups excluding carboxylic acids is 4. The van der Waals surface area contributed by atoms with Crippen LogP contribution in [0.15, 0.2) is 91.5 Å². The van der Waals surface area contributed by atoms with Crippen molar-refractivity contribution in [1.29, 1.82) is 0 Å². The van der Waals surface area contributed by atoms with Crippen molar-refractivity contribution in [3.05, 3.63) is 105 Å². The number of oxazole rings is 2. The zero-order valence-electron chi connectivity index (χ0n) is 37.1. The highest BCUT2D eigenvalue weighted by Crippen LogP contribution is 2.50. The molecule has 1 N–H and O–H groups in total. The number of hydrogen-bond donors (Lipinski definition) is 1. The lowest BCUT2D eigenvalue weighted by molar-refractivity contribution is -0.161. The molecule has 2 aromatic carbocycles. The Morgan fingerprint density at radius 1 is 0.746 bits per heavy atom. The normalized spacial score (nSPS) is 21.7. The maximum atomic E-state index is 13.1. The Labute approximate surface area is 366 Å². The molecule has 4 aliphatic rings. The second kappa shape index (κ2) is 17.0. The number of β-lactam (4-membered cyclic amide) rings is 2. The summed E-state index contributed by atoms with van der Waals surface area (Å²) in [7, 11) is -2.05. The van der Waals surface area contributed by atoms with E-state index < -0.39 is 40.1 Å². The smallest absolute Gasteiger partial charge is 0.419 e. The Bertz CT molecular complexity index is 2730. The Kier molecular flexibility index (Phi) is 12.2. The predicted octanol–water partition coefficient (Wildman–Crippen LogP) is 6.07. The Morgan fingerprint density at radius 3 is 1.67 bits per heavy atom. The van der Waals surface area contributed by atoms with Crippen molar-refractivity contribution in [2.75, 3.05) is 13.2 Å². The number of aryl methyl sites for hydroxylation is 1. The van der Waals surface area contributed by atoms with Gasteiger partial charge in [0.05, 0.1) is 47.2 Å². The lowest BCUT2D eigenvalue weighted by atomic mass is 9.82. The molecule has 0 unspecified atom stereocenters. The molecule has 8 rings (SSSR count). The van der Waals surface area contributed by atoms with Crippen molar-refractivity contribution in [2.45, 2.75) is 90.3 Å². The third kappa shape index (κ3) is 8.63. The number of hydrogen-bond acceptors (Lipinski definition) is 12. The van der Waals surface area contributed by atoms with Crippen molar-refractivity contribution >= 4 is 73.7 Å².